The predicted octanol–water partition coefficient (Wildman–Crippen LogP) is 11.8. The third-order valence-corrected chi connectivity index (χ3v) is 8.96. The molecule has 0 fully saturated rings. The van der Waals surface area contributed by atoms with Crippen molar-refractivity contribution < 1.29 is 4.42 Å². The Morgan fingerprint density at radius 1 is 0.306 bits per heavy atom. The van der Waals surface area contributed by atoms with E-state index >= 15 is 0 Å². The van der Waals surface area contributed by atoms with Gasteiger partial charge in [-0.05, 0) is 57.6 Å². The van der Waals surface area contributed by atoms with Gasteiger partial charge >= 0.3 is 0 Å². The molecule has 2 heterocycles. The number of hydrogen-bond acceptors (Lipinski definition) is 4. The molecule has 4 nitrogen and oxygen atoms in total. The Labute approximate surface area is 284 Å². The van der Waals surface area contributed by atoms with Gasteiger partial charge in [-0.15, -0.1) is 0 Å². The fourth-order valence-corrected chi connectivity index (χ4v) is 6.45. The molecule has 0 atom stereocenters. The summed E-state index contributed by atoms with van der Waals surface area (Å²) in [6.45, 7) is 0. The van der Waals surface area contributed by atoms with E-state index in [4.69, 9.17) is 19.4 Å². The van der Waals surface area contributed by atoms with Gasteiger partial charge in [-0.1, -0.05) is 152 Å². The zero-order chi connectivity index (χ0) is 32.6. The number of fused-ring (bicyclic) bond motifs is 3. The third-order valence-electron chi connectivity index (χ3n) is 8.96. The van der Waals surface area contributed by atoms with Crippen LogP contribution in [0.3, 0.4) is 0 Å². The molecule has 0 aliphatic carbocycles. The molecule has 0 amide bonds. The summed E-state index contributed by atoms with van der Waals surface area (Å²) in [6, 6.07) is 60.6. The first-order valence-corrected chi connectivity index (χ1v) is 16.4. The number of nitrogens with zero attached hydrogens (tertiary/aromatic N) is 3. The number of hydrogen-bond donors (Lipinski definition) is 0. The summed E-state index contributed by atoms with van der Waals surface area (Å²) in [5.74, 6) is 1.81. The van der Waals surface area contributed by atoms with E-state index in [-0.39, 0.29) is 0 Å². The smallest absolute Gasteiger partial charge is 0.167 e. The number of aromatic nitrogens is 3. The van der Waals surface area contributed by atoms with Crippen LogP contribution in [0.1, 0.15) is 0 Å². The molecule has 0 bridgehead atoms. The van der Waals surface area contributed by atoms with E-state index in [2.05, 4.69) is 97.1 Å². The first kappa shape index (κ1) is 28.6. The molecule has 0 aliphatic rings. The molecule has 0 saturated heterocycles. The lowest BCUT2D eigenvalue weighted by Gasteiger charge is -2.08. The third kappa shape index (κ3) is 5.45. The Hall–Kier alpha value is -6.65. The SMILES string of the molecule is c1ccc(-c2ccc(-c3cccc(-c4ccc5oc6c(-c7nc(-c8ccccc8)nc(-c8ccccc8)n7)cccc6c5c4)c3)cc2)cc1. The van der Waals surface area contributed by atoms with Crippen molar-refractivity contribution in [3.05, 3.63) is 176 Å². The van der Waals surface area contributed by atoms with Crippen LogP contribution in [-0.2, 0) is 0 Å². The van der Waals surface area contributed by atoms with Crippen LogP contribution in [0, 0.1) is 0 Å². The van der Waals surface area contributed by atoms with Crippen molar-refractivity contribution >= 4 is 21.9 Å². The molecule has 4 heteroatoms. The van der Waals surface area contributed by atoms with E-state index in [1.54, 1.807) is 0 Å². The molecule has 49 heavy (non-hydrogen) atoms. The zero-order valence-electron chi connectivity index (χ0n) is 26.5. The van der Waals surface area contributed by atoms with Crippen LogP contribution in [-0.4, -0.2) is 15.0 Å². The first-order chi connectivity index (χ1) is 24.3. The summed E-state index contributed by atoms with van der Waals surface area (Å²) in [7, 11) is 0. The van der Waals surface area contributed by atoms with Gasteiger partial charge in [0.05, 0.1) is 5.56 Å². The van der Waals surface area contributed by atoms with Crippen LogP contribution < -0.4 is 0 Å². The molecule has 230 valence electrons. The average molecular weight is 628 g/mol. The summed E-state index contributed by atoms with van der Waals surface area (Å²) >= 11 is 0. The second-order valence-electron chi connectivity index (χ2n) is 12.1. The Morgan fingerprint density at radius 3 is 1.39 bits per heavy atom. The standard InChI is InChI=1S/C45H29N3O/c1-4-12-30(13-5-1)31-22-24-32(25-23-31)35-18-10-19-36(28-35)37-26-27-41-40(29-37)38-20-11-21-39(42(38)49-41)45-47-43(33-14-6-2-7-15-33)46-44(48-45)34-16-8-3-9-17-34/h1-29H. The largest absolute Gasteiger partial charge is 0.455 e. The van der Waals surface area contributed by atoms with Gasteiger partial charge < -0.3 is 4.42 Å². The average Bonchev–Trinajstić information content (AvgIpc) is 3.57. The molecule has 0 radical (unpaired) electrons. The monoisotopic (exact) mass is 627 g/mol. The van der Waals surface area contributed by atoms with Crippen molar-refractivity contribution in [1.82, 2.24) is 15.0 Å². The van der Waals surface area contributed by atoms with Crippen LogP contribution in [0.2, 0.25) is 0 Å². The molecule has 0 unspecified atom stereocenters. The molecule has 9 rings (SSSR count). The van der Waals surface area contributed by atoms with Crippen LogP contribution in [0.15, 0.2) is 180 Å². The normalized spacial score (nSPS) is 11.3. The first-order valence-electron chi connectivity index (χ1n) is 16.4. The molecule has 0 spiro atoms. The highest BCUT2D eigenvalue weighted by molar-refractivity contribution is 6.10. The van der Waals surface area contributed by atoms with Gasteiger partial charge in [-0.25, -0.2) is 15.0 Å². The topological polar surface area (TPSA) is 51.8 Å². The number of para-hydroxylation sites is 1. The highest BCUT2D eigenvalue weighted by Gasteiger charge is 2.18. The van der Waals surface area contributed by atoms with Crippen molar-refractivity contribution in [1.29, 1.82) is 0 Å². The van der Waals surface area contributed by atoms with Gasteiger partial charge in [0.2, 0.25) is 0 Å². The Kier molecular flexibility index (Phi) is 7.10. The van der Waals surface area contributed by atoms with Crippen molar-refractivity contribution in [2.75, 3.05) is 0 Å². The summed E-state index contributed by atoms with van der Waals surface area (Å²) in [5, 5.41) is 2.07. The number of rotatable bonds is 6. The van der Waals surface area contributed by atoms with Gasteiger partial charge in [0.15, 0.2) is 17.5 Å². The molecular formula is C45H29N3O. The van der Waals surface area contributed by atoms with E-state index in [0.717, 1.165) is 49.8 Å². The van der Waals surface area contributed by atoms with Crippen LogP contribution in [0.4, 0.5) is 0 Å². The highest BCUT2D eigenvalue weighted by atomic mass is 16.3. The van der Waals surface area contributed by atoms with Gasteiger partial charge in [-0.2, -0.15) is 0 Å². The van der Waals surface area contributed by atoms with Crippen molar-refractivity contribution in [2.24, 2.45) is 0 Å². The summed E-state index contributed by atoms with van der Waals surface area (Å²) in [4.78, 5) is 14.8. The minimum absolute atomic E-state index is 0.573. The molecule has 7 aromatic carbocycles. The number of benzene rings is 7. The van der Waals surface area contributed by atoms with Gasteiger partial charge in [-0.3, -0.25) is 0 Å². The quantitative estimate of drug-likeness (QED) is 0.184. The molecular weight excluding hydrogens is 599 g/mol. The lowest BCUT2D eigenvalue weighted by Crippen LogP contribution is -2.00. The van der Waals surface area contributed by atoms with E-state index < -0.39 is 0 Å². The van der Waals surface area contributed by atoms with E-state index in [9.17, 15) is 0 Å². The van der Waals surface area contributed by atoms with Gasteiger partial charge in [0, 0.05) is 21.9 Å². The second-order valence-corrected chi connectivity index (χ2v) is 12.1. The summed E-state index contributed by atoms with van der Waals surface area (Å²) in [6.07, 6.45) is 0. The molecule has 0 saturated carbocycles. The predicted molar refractivity (Wildman–Crippen MR) is 200 cm³/mol. The maximum atomic E-state index is 6.56. The van der Waals surface area contributed by atoms with E-state index in [0.29, 0.717) is 17.5 Å². The van der Waals surface area contributed by atoms with Crippen molar-refractivity contribution in [3.63, 3.8) is 0 Å². The van der Waals surface area contributed by atoms with Gasteiger partial charge in [0.1, 0.15) is 11.2 Å². The second kappa shape index (κ2) is 12.2. The zero-order valence-corrected chi connectivity index (χ0v) is 26.5. The molecule has 0 N–H and O–H groups in total. The Bertz CT molecular complexity index is 2520. The fraction of sp³-hybridized carbons (Fsp3) is 0. The maximum Gasteiger partial charge on any atom is 0.167 e. The molecule has 2 aromatic heterocycles. The number of furan rings is 1. The maximum absolute atomic E-state index is 6.56. The minimum Gasteiger partial charge on any atom is -0.455 e. The van der Waals surface area contributed by atoms with E-state index in [1.165, 1.54) is 22.3 Å². The summed E-state index contributed by atoms with van der Waals surface area (Å²) in [5.41, 5.74) is 11.3. The lowest BCUT2D eigenvalue weighted by molar-refractivity contribution is 0.669. The Morgan fingerprint density at radius 2 is 0.755 bits per heavy atom. The van der Waals surface area contributed by atoms with E-state index in [1.807, 2.05) is 78.9 Å². The fourth-order valence-electron chi connectivity index (χ4n) is 6.45. The van der Waals surface area contributed by atoms with Crippen molar-refractivity contribution in [2.45, 2.75) is 0 Å². The lowest BCUT2D eigenvalue weighted by atomic mass is 9.96. The highest BCUT2D eigenvalue weighted by Crippen LogP contribution is 2.38. The Balaban J connectivity index is 1.11. The van der Waals surface area contributed by atoms with Gasteiger partial charge in [0.25, 0.3) is 0 Å². The summed E-state index contributed by atoms with van der Waals surface area (Å²) < 4.78 is 6.56. The van der Waals surface area contributed by atoms with Crippen molar-refractivity contribution in [3.8, 4) is 67.5 Å². The van der Waals surface area contributed by atoms with Crippen LogP contribution in [0.25, 0.3) is 89.5 Å². The molecule has 9 aromatic rings. The molecule has 0 aliphatic heterocycles. The minimum atomic E-state index is 0.573. The van der Waals surface area contributed by atoms with Crippen LogP contribution >= 0.6 is 0 Å². The van der Waals surface area contributed by atoms with Crippen LogP contribution in [0.5, 0.6) is 0 Å².